The highest BCUT2D eigenvalue weighted by molar-refractivity contribution is 6.08. The summed E-state index contributed by atoms with van der Waals surface area (Å²) in [6, 6.07) is 13.5. The second-order valence-electron chi connectivity index (χ2n) is 5.43. The molecule has 114 valence electrons. The van der Waals surface area contributed by atoms with Crippen molar-refractivity contribution in [3.63, 3.8) is 0 Å². The van der Waals surface area contributed by atoms with Crippen LogP contribution in [0.3, 0.4) is 0 Å². The Balaban J connectivity index is 1.98. The molecule has 22 heavy (non-hydrogen) atoms. The fourth-order valence-corrected chi connectivity index (χ4v) is 2.98. The normalized spacial score (nSPS) is 16.3. The molecule has 0 aromatic heterocycles. The molecule has 0 saturated heterocycles. The zero-order chi connectivity index (χ0) is 15.7. The van der Waals surface area contributed by atoms with Gasteiger partial charge in [0.25, 0.3) is 5.91 Å². The van der Waals surface area contributed by atoms with Gasteiger partial charge in [-0.1, -0.05) is 18.2 Å². The van der Waals surface area contributed by atoms with Gasteiger partial charge in [-0.15, -0.1) is 0 Å². The molecule has 3 rings (SSSR count). The molecule has 0 aliphatic carbocycles. The third-order valence-corrected chi connectivity index (χ3v) is 4.06. The van der Waals surface area contributed by atoms with Crippen LogP contribution in [0.4, 0.5) is 5.69 Å². The summed E-state index contributed by atoms with van der Waals surface area (Å²) in [5, 5.41) is 0. The molecular weight excluding hydrogens is 278 g/mol. The molecule has 2 aromatic rings. The van der Waals surface area contributed by atoms with Crippen molar-refractivity contribution in [1.82, 2.24) is 0 Å². The Bertz CT molecular complexity index is 711. The van der Waals surface area contributed by atoms with Crippen LogP contribution in [-0.2, 0) is 6.42 Å². The predicted molar refractivity (Wildman–Crippen MR) is 86.0 cm³/mol. The first kappa shape index (κ1) is 14.4. The van der Waals surface area contributed by atoms with E-state index in [9.17, 15) is 4.79 Å². The molecule has 0 radical (unpaired) electrons. The third kappa shape index (κ3) is 2.30. The van der Waals surface area contributed by atoms with Crippen LogP contribution in [0.2, 0.25) is 0 Å². The van der Waals surface area contributed by atoms with Crippen LogP contribution in [-0.4, -0.2) is 26.2 Å². The van der Waals surface area contributed by atoms with E-state index in [1.165, 1.54) is 5.56 Å². The summed E-state index contributed by atoms with van der Waals surface area (Å²) >= 11 is 0. The van der Waals surface area contributed by atoms with Gasteiger partial charge in [0.1, 0.15) is 0 Å². The highest BCUT2D eigenvalue weighted by atomic mass is 16.5. The van der Waals surface area contributed by atoms with E-state index >= 15 is 0 Å². The summed E-state index contributed by atoms with van der Waals surface area (Å²) in [7, 11) is 3.15. The number of fused-ring (bicyclic) bond motifs is 1. The highest BCUT2D eigenvalue weighted by Crippen LogP contribution is 2.34. The number of amides is 1. The topological polar surface area (TPSA) is 38.8 Å². The molecule has 4 nitrogen and oxygen atoms in total. The number of anilines is 1. The molecule has 1 aliphatic heterocycles. The van der Waals surface area contributed by atoms with Crippen molar-refractivity contribution in [2.24, 2.45) is 0 Å². The summed E-state index contributed by atoms with van der Waals surface area (Å²) in [6.07, 6.45) is 0.884. The molecule has 1 aliphatic rings. The fourth-order valence-electron chi connectivity index (χ4n) is 2.98. The maximum Gasteiger partial charge on any atom is 0.258 e. The van der Waals surface area contributed by atoms with E-state index in [2.05, 4.69) is 13.0 Å². The maximum atomic E-state index is 12.9. The molecule has 0 unspecified atom stereocenters. The maximum absolute atomic E-state index is 12.9. The lowest BCUT2D eigenvalue weighted by Crippen LogP contribution is -2.35. The van der Waals surface area contributed by atoms with E-state index < -0.39 is 0 Å². The third-order valence-electron chi connectivity index (χ3n) is 4.06. The molecular formula is C18H19NO3. The smallest absolute Gasteiger partial charge is 0.258 e. The molecule has 0 bridgehead atoms. The zero-order valence-electron chi connectivity index (χ0n) is 13.0. The minimum atomic E-state index is -0.0154. The second kappa shape index (κ2) is 5.72. The second-order valence-corrected chi connectivity index (χ2v) is 5.43. The van der Waals surface area contributed by atoms with Gasteiger partial charge in [-0.3, -0.25) is 4.79 Å². The Labute approximate surface area is 130 Å². The van der Waals surface area contributed by atoms with Crippen molar-refractivity contribution in [2.45, 2.75) is 19.4 Å². The first-order chi connectivity index (χ1) is 10.7. The van der Waals surface area contributed by atoms with Crippen molar-refractivity contribution in [1.29, 1.82) is 0 Å². The molecule has 1 amide bonds. The summed E-state index contributed by atoms with van der Waals surface area (Å²) in [4.78, 5) is 14.8. The molecule has 4 heteroatoms. The summed E-state index contributed by atoms with van der Waals surface area (Å²) in [5.41, 5.74) is 2.81. The average molecular weight is 297 g/mol. The van der Waals surface area contributed by atoms with Crippen molar-refractivity contribution in [2.75, 3.05) is 19.1 Å². The Hall–Kier alpha value is -2.49. The molecule has 0 saturated carbocycles. The SMILES string of the molecule is COc1ccc(C(=O)N2c3ccccc3C[C@@H]2C)cc1OC. The lowest BCUT2D eigenvalue weighted by Gasteiger charge is -2.23. The van der Waals surface area contributed by atoms with Gasteiger partial charge in [-0.2, -0.15) is 0 Å². The standard InChI is InChI=1S/C18H19NO3/c1-12-10-13-6-4-5-7-15(13)19(12)18(20)14-8-9-16(21-2)17(11-14)22-3/h4-9,11-12H,10H2,1-3H3/t12-/m0/s1. The van der Waals surface area contributed by atoms with Crippen LogP contribution in [0.15, 0.2) is 42.5 Å². The van der Waals surface area contributed by atoms with Crippen LogP contribution < -0.4 is 14.4 Å². The molecule has 0 fully saturated rings. The van der Waals surface area contributed by atoms with Gasteiger partial charge >= 0.3 is 0 Å². The van der Waals surface area contributed by atoms with Crippen molar-refractivity contribution < 1.29 is 14.3 Å². The van der Waals surface area contributed by atoms with Gasteiger partial charge in [-0.25, -0.2) is 0 Å². The van der Waals surface area contributed by atoms with Crippen LogP contribution in [0.1, 0.15) is 22.8 Å². The largest absolute Gasteiger partial charge is 0.493 e. The van der Waals surface area contributed by atoms with Crippen LogP contribution in [0.5, 0.6) is 11.5 Å². The minimum Gasteiger partial charge on any atom is -0.493 e. The lowest BCUT2D eigenvalue weighted by atomic mass is 10.1. The molecule has 2 aromatic carbocycles. The van der Waals surface area contributed by atoms with E-state index in [-0.39, 0.29) is 11.9 Å². The number of hydrogen-bond acceptors (Lipinski definition) is 3. The lowest BCUT2D eigenvalue weighted by molar-refractivity contribution is 0.0981. The molecule has 0 spiro atoms. The molecule has 0 N–H and O–H groups in total. The Morgan fingerprint density at radius 2 is 1.82 bits per heavy atom. The number of hydrogen-bond donors (Lipinski definition) is 0. The Morgan fingerprint density at radius 1 is 1.09 bits per heavy atom. The van der Waals surface area contributed by atoms with Crippen LogP contribution in [0.25, 0.3) is 0 Å². The van der Waals surface area contributed by atoms with Crippen molar-refractivity contribution in [3.05, 3.63) is 53.6 Å². The predicted octanol–water partition coefficient (Wildman–Crippen LogP) is 3.30. The van der Waals surface area contributed by atoms with E-state index in [1.807, 2.05) is 23.1 Å². The highest BCUT2D eigenvalue weighted by Gasteiger charge is 2.31. The number of rotatable bonds is 3. The monoisotopic (exact) mass is 297 g/mol. The van der Waals surface area contributed by atoms with E-state index in [1.54, 1.807) is 32.4 Å². The van der Waals surface area contributed by atoms with E-state index in [4.69, 9.17) is 9.47 Å². The molecule has 1 atom stereocenters. The Morgan fingerprint density at radius 3 is 2.55 bits per heavy atom. The Kier molecular flexibility index (Phi) is 3.75. The molecule has 1 heterocycles. The van der Waals surface area contributed by atoms with Crippen LogP contribution in [0, 0.1) is 0 Å². The fraction of sp³-hybridized carbons (Fsp3) is 0.278. The van der Waals surface area contributed by atoms with Gasteiger partial charge < -0.3 is 14.4 Å². The summed E-state index contributed by atoms with van der Waals surface area (Å²) in [6.45, 7) is 2.07. The minimum absolute atomic E-state index is 0.0154. The zero-order valence-corrected chi connectivity index (χ0v) is 13.0. The number of carbonyl (C=O) groups is 1. The average Bonchev–Trinajstić information content (AvgIpc) is 2.89. The first-order valence-corrected chi connectivity index (χ1v) is 7.29. The van der Waals surface area contributed by atoms with Crippen molar-refractivity contribution >= 4 is 11.6 Å². The van der Waals surface area contributed by atoms with Gasteiger partial charge in [0.15, 0.2) is 11.5 Å². The van der Waals surface area contributed by atoms with Gasteiger partial charge in [-0.05, 0) is 43.2 Å². The van der Waals surface area contributed by atoms with Gasteiger partial charge in [0, 0.05) is 17.3 Å². The quantitative estimate of drug-likeness (QED) is 0.872. The first-order valence-electron chi connectivity index (χ1n) is 7.29. The number of benzene rings is 2. The van der Waals surface area contributed by atoms with Gasteiger partial charge in [0.05, 0.1) is 14.2 Å². The number of nitrogens with zero attached hydrogens (tertiary/aromatic N) is 1. The summed E-state index contributed by atoms with van der Waals surface area (Å²) < 4.78 is 10.5. The van der Waals surface area contributed by atoms with Crippen LogP contribution >= 0.6 is 0 Å². The van der Waals surface area contributed by atoms with E-state index in [0.29, 0.717) is 17.1 Å². The number of para-hydroxylation sites is 1. The van der Waals surface area contributed by atoms with Crippen molar-refractivity contribution in [3.8, 4) is 11.5 Å². The summed E-state index contributed by atoms with van der Waals surface area (Å²) in [5.74, 6) is 1.17. The van der Waals surface area contributed by atoms with Gasteiger partial charge in [0.2, 0.25) is 0 Å². The number of ether oxygens (including phenoxy) is 2. The number of methoxy groups -OCH3 is 2. The number of carbonyl (C=O) groups excluding carboxylic acids is 1. The van der Waals surface area contributed by atoms with E-state index in [0.717, 1.165) is 12.1 Å².